The van der Waals surface area contributed by atoms with Crippen LogP contribution < -0.4 is 0 Å². The molecule has 104 valence electrons. The Hall–Kier alpha value is -1.03. The summed E-state index contributed by atoms with van der Waals surface area (Å²) in [5.41, 5.74) is -0.696. The molecule has 0 saturated carbocycles. The van der Waals surface area contributed by atoms with Gasteiger partial charge in [0.05, 0.1) is 18.8 Å². The average Bonchev–Trinajstić information content (AvgIpc) is 2.59. The fourth-order valence-electron chi connectivity index (χ4n) is 1.88. The molecule has 0 aliphatic carbocycles. The molecule has 1 atom stereocenters. The maximum Gasteiger partial charge on any atom is 0.410 e. The number of amides is 1. The molecule has 1 unspecified atom stereocenters. The van der Waals surface area contributed by atoms with Crippen molar-refractivity contribution >= 4 is 6.09 Å². The summed E-state index contributed by atoms with van der Waals surface area (Å²) in [6.07, 6.45) is 4.54. The molecule has 4 heteroatoms. The van der Waals surface area contributed by atoms with Crippen molar-refractivity contribution in [1.82, 2.24) is 4.90 Å². The molecule has 1 amide bonds. The van der Waals surface area contributed by atoms with E-state index in [0.717, 1.165) is 6.42 Å². The van der Waals surface area contributed by atoms with Crippen molar-refractivity contribution < 1.29 is 14.3 Å². The summed E-state index contributed by atoms with van der Waals surface area (Å²) in [7, 11) is 0. The average molecular weight is 255 g/mol. The van der Waals surface area contributed by atoms with Gasteiger partial charge >= 0.3 is 6.09 Å². The molecule has 0 spiro atoms. The Morgan fingerprint density at radius 3 is 2.67 bits per heavy atom. The van der Waals surface area contributed by atoms with Gasteiger partial charge in [-0.15, -0.1) is 0 Å². The number of allylic oxidation sites excluding steroid dienone is 1. The first-order chi connectivity index (χ1) is 8.26. The highest BCUT2D eigenvalue weighted by Gasteiger charge is 2.38. The third-order valence-corrected chi connectivity index (χ3v) is 2.85. The van der Waals surface area contributed by atoms with Crippen LogP contribution in [0.1, 0.15) is 41.0 Å². The summed E-state index contributed by atoms with van der Waals surface area (Å²) >= 11 is 0. The maximum atomic E-state index is 11.9. The number of likely N-dealkylation sites (tertiary alicyclic amines) is 1. The van der Waals surface area contributed by atoms with E-state index < -0.39 is 5.60 Å². The van der Waals surface area contributed by atoms with Crippen LogP contribution in [0.25, 0.3) is 0 Å². The summed E-state index contributed by atoms with van der Waals surface area (Å²) < 4.78 is 11.2. The Labute approximate surface area is 110 Å². The van der Waals surface area contributed by atoms with Crippen LogP contribution in [-0.2, 0) is 9.47 Å². The standard InChI is InChI=1S/C14H25NO3/c1-6-7-10-17-14(5)8-9-15(11-14)12(16)18-13(2,3)4/h6-7H,8-11H2,1-5H3/b7-6+. The molecule has 0 aromatic heterocycles. The third kappa shape index (κ3) is 4.69. The minimum Gasteiger partial charge on any atom is -0.444 e. The third-order valence-electron chi connectivity index (χ3n) is 2.85. The highest BCUT2D eigenvalue weighted by Crippen LogP contribution is 2.26. The van der Waals surface area contributed by atoms with Crippen LogP contribution in [0.15, 0.2) is 12.2 Å². The zero-order valence-electron chi connectivity index (χ0n) is 12.2. The van der Waals surface area contributed by atoms with Crippen molar-refractivity contribution in [3.05, 3.63) is 12.2 Å². The van der Waals surface area contributed by atoms with Gasteiger partial charge < -0.3 is 14.4 Å². The van der Waals surface area contributed by atoms with E-state index >= 15 is 0 Å². The Morgan fingerprint density at radius 1 is 1.44 bits per heavy atom. The van der Waals surface area contributed by atoms with Crippen LogP contribution in [0.5, 0.6) is 0 Å². The van der Waals surface area contributed by atoms with Gasteiger partial charge in [0.2, 0.25) is 0 Å². The number of hydrogen-bond acceptors (Lipinski definition) is 3. The van der Waals surface area contributed by atoms with Crippen molar-refractivity contribution in [2.24, 2.45) is 0 Å². The van der Waals surface area contributed by atoms with Gasteiger partial charge in [0.1, 0.15) is 5.60 Å². The molecular formula is C14H25NO3. The highest BCUT2D eigenvalue weighted by atomic mass is 16.6. The van der Waals surface area contributed by atoms with Gasteiger partial charge in [0.25, 0.3) is 0 Å². The van der Waals surface area contributed by atoms with E-state index in [1.54, 1.807) is 4.90 Å². The van der Waals surface area contributed by atoms with Crippen LogP contribution in [0.3, 0.4) is 0 Å². The van der Waals surface area contributed by atoms with E-state index in [2.05, 4.69) is 0 Å². The van der Waals surface area contributed by atoms with Gasteiger partial charge in [0.15, 0.2) is 0 Å². The largest absolute Gasteiger partial charge is 0.444 e. The molecule has 1 fully saturated rings. The Morgan fingerprint density at radius 2 is 2.11 bits per heavy atom. The number of ether oxygens (including phenoxy) is 2. The van der Waals surface area contributed by atoms with E-state index in [9.17, 15) is 4.79 Å². The van der Waals surface area contributed by atoms with E-state index in [4.69, 9.17) is 9.47 Å². The smallest absolute Gasteiger partial charge is 0.410 e. The van der Waals surface area contributed by atoms with Gasteiger partial charge in [-0.25, -0.2) is 4.79 Å². The molecule has 1 rings (SSSR count). The van der Waals surface area contributed by atoms with Crippen LogP contribution in [0.2, 0.25) is 0 Å². The molecule has 0 bridgehead atoms. The molecule has 18 heavy (non-hydrogen) atoms. The molecular weight excluding hydrogens is 230 g/mol. The zero-order valence-corrected chi connectivity index (χ0v) is 12.2. The summed E-state index contributed by atoms with van der Waals surface area (Å²) in [5, 5.41) is 0. The van der Waals surface area contributed by atoms with Crippen LogP contribution in [-0.4, -0.2) is 41.9 Å². The number of nitrogens with zero attached hydrogens (tertiary/aromatic N) is 1. The topological polar surface area (TPSA) is 38.8 Å². The van der Waals surface area contributed by atoms with Gasteiger partial charge in [-0.1, -0.05) is 12.2 Å². The number of rotatable bonds is 3. The van der Waals surface area contributed by atoms with Crippen molar-refractivity contribution in [2.45, 2.75) is 52.2 Å². The number of carbonyl (C=O) groups excluding carboxylic acids is 1. The van der Waals surface area contributed by atoms with Crippen LogP contribution >= 0.6 is 0 Å². The lowest BCUT2D eigenvalue weighted by Crippen LogP contribution is -2.39. The summed E-state index contributed by atoms with van der Waals surface area (Å²) in [4.78, 5) is 13.6. The summed E-state index contributed by atoms with van der Waals surface area (Å²) in [6, 6.07) is 0. The van der Waals surface area contributed by atoms with Crippen molar-refractivity contribution in [3.63, 3.8) is 0 Å². The van der Waals surface area contributed by atoms with E-state index in [-0.39, 0.29) is 11.7 Å². The SMILES string of the molecule is C/C=C/COC1(C)CCN(C(=O)OC(C)(C)C)C1. The first-order valence-corrected chi connectivity index (χ1v) is 6.49. The van der Waals surface area contributed by atoms with Gasteiger partial charge in [-0.3, -0.25) is 0 Å². The van der Waals surface area contributed by atoms with Crippen molar-refractivity contribution in [3.8, 4) is 0 Å². The zero-order chi connectivity index (χ0) is 13.8. The Balaban J connectivity index is 2.47. The molecule has 1 aliphatic rings. The Kier molecular flexibility index (Phi) is 4.79. The maximum absolute atomic E-state index is 11.9. The first-order valence-electron chi connectivity index (χ1n) is 6.49. The lowest BCUT2D eigenvalue weighted by Gasteiger charge is -2.27. The first kappa shape index (κ1) is 15.0. The molecule has 1 aliphatic heterocycles. The van der Waals surface area contributed by atoms with Crippen molar-refractivity contribution in [1.29, 1.82) is 0 Å². The summed E-state index contributed by atoms with van der Waals surface area (Å²) in [6.45, 7) is 11.5. The molecule has 1 heterocycles. The van der Waals surface area contributed by atoms with E-state index in [0.29, 0.717) is 19.7 Å². The highest BCUT2D eigenvalue weighted by molar-refractivity contribution is 5.68. The van der Waals surface area contributed by atoms with Gasteiger partial charge in [0, 0.05) is 6.54 Å². The normalized spacial score (nSPS) is 24.8. The fraction of sp³-hybridized carbons (Fsp3) is 0.786. The van der Waals surface area contributed by atoms with E-state index in [1.807, 2.05) is 46.8 Å². The van der Waals surface area contributed by atoms with E-state index in [1.165, 1.54) is 0 Å². The molecule has 0 radical (unpaired) electrons. The number of carbonyl (C=O) groups is 1. The second-order valence-corrected chi connectivity index (χ2v) is 5.98. The summed E-state index contributed by atoms with van der Waals surface area (Å²) in [5.74, 6) is 0. The molecule has 0 aromatic rings. The molecule has 4 nitrogen and oxygen atoms in total. The minimum absolute atomic E-state index is 0.249. The predicted octanol–water partition coefficient (Wildman–Crippen LogP) is 2.98. The second kappa shape index (κ2) is 5.74. The Bertz CT molecular complexity index is 319. The fourth-order valence-corrected chi connectivity index (χ4v) is 1.88. The molecule has 0 N–H and O–H groups in total. The van der Waals surface area contributed by atoms with Gasteiger partial charge in [-0.2, -0.15) is 0 Å². The van der Waals surface area contributed by atoms with Crippen molar-refractivity contribution in [2.75, 3.05) is 19.7 Å². The predicted molar refractivity (Wildman–Crippen MR) is 71.6 cm³/mol. The quantitative estimate of drug-likeness (QED) is 0.728. The minimum atomic E-state index is -0.443. The second-order valence-electron chi connectivity index (χ2n) is 5.98. The molecule has 1 saturated heterocycles. The number of hydrogen-bond donors (Lipinski definition) is 0. The molecule has 0 aromatic carbocycles. The van der Waals surface area contributed by atoms with Crippen LogP contribution in [0, 0.1) is 0 Å². The lowest BCUT2D eigenvalue weighted by atomic mass is 10.1. The monoisotopic (exact) mass is 255 g/mol. The van der Waals surface area contributed by atoms with Gasteiger partial charge in [-0.05, 0) is 41.0 Å². The van der Waals surface area contributed by atoms with Crippen LogP contribution in [0.4, 0.5) is 4.79 Å². The lowest BCUT2D eigenvalue weighted by molar-refractivity contribution is -0.0139.